The molecule has 124 valence electrons. The summed E-state index contributed by atoms with van der Waals surface area (Å²) in [6.07, 6.45) is 0. The number of halogens is 1. The van der Waals surface area contributed by atoms with Gasteiger partial charge in [-0.05, 0) is 32.0 Å². The van der Waals surface area contributed by atoms with Crippen molar-refractivity contribution in [2.24, 2.45) is 0 Å². The Morgan fingerprint density at radius 3 is 2.87 bits per heavy atom. The monoisotopic (exact) mass is 337 g/mol. The minimum atomic E-state index is -0.316. The number of oxazole rings is 1. The van der Waals surface area contributed by atoms with Gasteiger partial charge in [0.25, 0.3) is 0 Å². The minimum Gasteiger partial charge on any atom is -0.441 e. The third-order valence-electron chi connectivity index (χ3n) is 3.64. The second kappa shape index (κ2) is 7.59. The van der Waals surface area contributed by atoms with Crippen LogP contribution < -0.4 is 10.6 Å². The van der Waals surface area contributed by atoms with Gasteiger partial charge in [0, 0.05) is 17.8 Å². The lowest BCUT2D eigenvalue weighted by Crippen LogP contribution is -2.48. The number of ether oxygens (including phenoxy) is 1. The summed E-state index contributed by atoms with van der Waals surface area (Å²) in [7, 11) is 0. The first kappa shape index (κ1) is 17.5. The van der Waals surface area contributed by atoms with E-state index < -0.39 is 0 Å². The van der Waals surface area contributed by atoms with Gasteiger partial charge in [-0.2, -0.15) is 0 Å². The predicted octanol–water partition coefficient (Wildman–Crippen LogP) is 2.31. The molecule has 0 aliphatic carbocycles. The average molecular weight is 338 g/mol. The van der Waals surface area contributed by atoms with Gasteiger partial charge in [-0.15, -0.1) is 12.4 Å². The highest BCUT2D eigenvalue weighted by Crippen LogP contribution is 2.24. The lowest BCUT2D eigenvalue weighted by Gasteiger charge is -2.22. The molecule has 0 bridgehead atoms. The summed E-state index contributed by atoms with van der Waals surface area (Å²) in [5, 5.41) is 6.02. The largest absolute Gasteiger partial charge is 0.441 e. The number of nitrogens with one attached hydrogen (secondary N) is 2. The second-order valence-electron chi connectivity index (χ2n) is 5.31. The topological polar surface area (TPSA) is 76.4 Å². The highest BCUT2D eigenvalue weighted by atomic mass is 35.5. The fourth-order valence-corrected chi connectivity index (χ4v) is 2.29. The Hall–Kier alpha value is -1.89. The van der Waals surface area contributed by atoms with Gasteiger partial charge in [-0.25, -0.2) is 4.98 Å². The molecule has 6 nitrogen and oxygen atoms in total. The number of morpholine rings is 1. The molecule has 2 aromatic rings. The van der Waals surface area contributed by atoms with E-state index in [0.717, 1.165) is 17.0 Å². The van der Waals surface area contributed by atoms with Crippen molar-refractivity contribution >= 4 is 24.0 Å². The summed E-state index contributed by atoms with van der Waals surface area (Å²) in [4.78, 5) is 16.6. The van der Waals surface area contributed by atoms with Crippen molar-refractivity contribution in [1.82, 2.24) is 10.3 Å². The molecule has 1 aliphatic rings. The van der Waals surface area contributed by atoms with Crippen LogP contribution in [0.1, 0.15) is 11.5 Å². The van der Waals surface area contributed by atoms with E-state index >= 15 is 0 Å². The van der Waals surface area contributed by atoms with E-state index in [1.54, 1.807) is 0 Å². The molecule has 1 amide bonds. The summed E-state index contributed by atoms with van der Waals surface area (Å²) in [5.74, 6) is 1.26. The maximum Gasteiger partial charge on any atom is 0.243 e. The molecular formula is C16H20ClN3O3. The van der Waals surface area contributed by atoms with Crippen molar-refractivity contribution in [1.29, 1.82) is 0 Å². The van der Waals surface area contributed by atoms with E-state index in [4.69, 9.17) is 9.15 Å². The molecule has 0 spiro atoms. The van der Waals surface area contributed by atoms with Crippen molar-refractivity contribution in [2.45, 2.75) is 19.9 Å². The van der Waals surface area contributed by atoms with Gasteiger partial charge in [0.15, 0.2) is 0 Å². The molecule has 2 N–H and O–H groups in total. The molecule has 1 aromatic carbocycles. The number of carbonyl (C=O) groups is 1. The van der Waals surface area contributed by atoms with Crippen LogP contribution in [0.4, 0.5) is 5.69 Å². The Morgan fingerprint density at radius 1 is 1.39 bits per heavy atom. The van der Waals surface area contributed by atoms with Crippen LogP contribution in [-0.2, 0) is 9.53 Å². The van der Waals surface area contributed by atoms with Gasteiger partial charge in [0.2, 0.25) is 11.8 Å². The first-order chi connectivity index (χ1) is 10.6. The Balaban J connectivity index is 0.00000192. The number of rotatable bonds is 3. The predicted molar refractivity (Wildman–Crippen MR) is 89.9 cm³/mol. The van der Waals surface area contributed by atoms with Crippen LogP contribution in [0.5, 0.6) is 0 Å². The summed E-state index contributed by atoms with van der Waals surface area (Å²) >= 11 is 0. The number of nitrogens with zero attached hydrogens (tertiary/aromatic N) is 1. The number of hydrogen-bond donors (Lipinski definition) is 2. The van der Waals surface area contributed by atoms with Gasteiger partial charge >= 0.3 is 0 Å². The highest BCUT2D eigenvalue weighted by molar-refractivity contribution is 5.95. The Kier molecular flexibility index (Phi) is 5.76. The first-order valence-corrected chi connectivity index (χ1v) is 7.30. The smallest absolute Gasteiger partial charge is 0.243 e. The maximum absolute atomic E-state index is 12.2. The van der Waals surface area contributed by atoms with Crippen LogP contribution in [0.2, 0.25) is 0 Å². The van der Waals surface area contributed by atoms with Gasteiger partial charge < -0.3 is 19.8 Å². The number of aromatic nitrogens is 1. The molecule has 1 saturated heterocycles. The molecule has 23 heavy (non-hydrogen) atoms. The van der Waals surface area contributed by atoms with Crippen molar-refractivity contribution in [3.05, 3.63) is 35.7 Å². The van der Waals surface area contributed by atoms with Crippen molar-refractivity contribution < 1.29 is 13.9 Å². The molecule has 3 rings (SSSR count). The number of carbonyl (C=O) groups excluding carboxylic acids is 1. The zero-order valence-corrected chi connectivity index (χ0v) is 13.9. The summed E-state index contributed by atoms with van der Waals surface area (Å²) in [5.41, 5.74) is 2.42. The van der Waals surface area contributed by atoms with E-state index in [0.29, 0.717) is 31.3 Å². The fourth-order valence-electron chi connectivity index (χ4n) is 2.29. The van der Waals surface area contributed by atoms with Gasteiger partial charge in [-0.3, -0.25) is 4.79 Å². The molecule has 1 atom stereocenters. The zero-order chi connectivity index (χ0) is 15.5. The number of aryl methyl sites for hydroxylation is 2. The minimum absolute atomic E-state index is 0. The lowest BCUT2D eigenvalue weighted by atomic mass is 10.2. The van der Waals surface area contributed by atoms with Gasteiger partial charge in [0.1, 0.15) is 11.8 Å². The third kappa shape index (κ3) is 4.10. The highest BCUT2D eigenvalue weighted by Gasteiger charge is 2.21. The van der Waals surface area contributed by atoms with E-state index in [2.05, 4.69) is 15.6 Å². The van der Waals surface area contributed by atoms with E-state index in [1.165, 1.54) is 0 Å². The average Bonchev–Trinajstić information content (AvgIpc) is 2.88. The quantitative estimate of drug-likeness (QED) is 0.898. The lowest BCUT2D eigenvalue weighted by molar-refractivity contribution is -0.120. The first-order valence-electron chi connectivity index (χ1n) is 7.30. The molecule has 1 aliphatic heterocycles. The summed E-state index contributed by atoms with van der Waals surface area (Å²) in [6.45, 7) is 5.51. The molecule has 7 heteroatoms. The van der Waals surface area contributed by atoms with Crippen LogP contribution in [0.25, 0.3) is 11.5 Å². The maximum atomic E-state index is 12.2. The van der Waals surface area contributed by atoms with E-state index in [9.17, 15) is 4.79 Å². The second-order valence-corrected chi connectivity index (χ2v) is 5.31. The van der Waals surface area contributed by atoms with E-state index in [1.807, 2.05) is 38.1 Å². The van der Waals surface area contributed by atoms with Crippen molar-refractivity contribution in [2.75, 3.05) is 25.1 Å². The van der Waals surface area contributed by atoms with Crippen molar-refractivity contribution in [3.8, 4) is 11.5 Å². The molecule has 1 aromatic heterocycles. The van der Waals surface area contributed by atoms with E-state index in [-0.39, 0.29) is 24.4 Å². The molecular weight excluding hydrogens is 318 g/mol. The Bertz CT molecular complexity index is 661. The SMILES string of the molecule is Cc1nc(-c2cccc(NC(=O)C3COCCN3)c2)oc1C.Cl. The molecule has 1 fully saturated rings. The van der Waals surface area contributed by atoms with Crippen LogP contribution >= 0.6 is 12.4 Å². The number of anilines is 1. The fraction of sp³-hybridized carbons (Fsp3) is 0.375. The number of benzene rings is 1. The van der Waals surface area contributed by atoms with Crippen LogP contribution in [-0.4, -0.2) is 36.7 Å². The van der Waals surface area contributed by atoms with Gasteiger partial charge in [0.05, 0.1) is 18.9 Å². The normalized spacial score (nSPS) is 17.4. The third-order valence-corrected chi connectivity index (χ3v) is 3.64. The van der Waals surface area contributed by atoms with Gasteiger partial charge in [-0.1, -0.05) is 6.07 Å². The molecule has 0 radical (unpaired) electrons. The van der Waals surface area contributed by atoms with Crippen LogP contribution in [0.3, 0.4) is 0 Å². The molecule has 0 saturated carbocycles. The Labute approximate surface area is 141 Å². The molecule has 1 unspecified atom stereocenters. The van der Waals surface area contributed by atoms with Crippen LogP contribution in [0, 0.1) is 13.8 Å². The number of amides is 1. The summed E-state index contributed by atoms with van der Waals surface area (Å²) in [6, 6.07) is 7.15. The van der Waals surface area contributed by atoms with Crippen molar-refractivity contribution in [3.63, 3.8) is 0 Å². The Morgan fingerprint density at radius 2 is 2.22 bits per heavy atom. The molecule has 2 heterocycles. The zero-order valence-electron chi connectivity index (χ0n) is 13.1. The summed E-state index contributed by atoms with van der Waals surface area (Å²) < 4.78 is 10.9. The van der Waals surface area contributed by atoms with Crippen LogP contribution in [0.15, 0.2) is 28.7 Å². The standard InChI is InChI=1S/C16H19N3O3.ClH/c1-10-11(2)22-16(18-10)12-4-3-5-13(8-12)19-15(20)14-9-21-7-6-17-14;/h3-5,8,14,17H,6-7,9H2,1-2H3,(H,19,20);1H. The number of hydrogen-bond acceptors (Lipinski definition) is 5.